The summed E-state index contributed by atoms with van der Waals surface area (Å²) in [5, 5.41) is 3.25. The van der Waals surface area contributed by atoms with Crippen molar-refractivity contribution in [2.75, 3.05) is 44.5 Å². The Kier molecular flexibility index (Phi) is 6.63. The van der Waals surface area contributed by atoms with Gasteiger partial charge in [-0.05, 0) is 25.1 Å². The smallest absolute Gasteiger partial charge is 0.240 e. The van der Waals surface area contributed by atoms with Gasteiger partial charge in [0.15, 0.2) is 0 Å². The molecule has 142 valence electrons. The van der Waals surface area contributed by atoms with E-state index in [0.717, 1.165) is 11.5 Å². The number of hydrogen-bond acceptors (Lipinski definition) is 7. The number of nitrogens with zero attached hydrogens (tertiary/aromatic N) is 3. The van der Waals surface area contributed by atoms with Crippen molar-refractivity contribution in [3.63, 3.8) is 0 Å². The SMILES string of the molecule is COc1ccc(S(=O)(=O)NCCNc2nc(C)cc(N(C)C)n2)cc1Cl. The highest BCUT2D eigenvalue weighted by Gasteiger charge is 2.15. The van der Waals surface area contributed by atoms with E-state index in [-0.39, 0.29) is 16.5 Å². The number of hydrogen-bond donors (Lipinski definition) is 2. The summed E-state index contributed by atoms with van der Waals surface area (Å²) < 4.78 is 32.2. The lowest BCUT2D eigenvalue weighted by atomic mass is 10.3. The van der Waals surface area contributed by atoms with Gasteiger partial charge in [0.25, 0.3) is 0 Å². The van der Waals surface area contributed by atoms with E-state index < -0.39 is 10.0 Å². The van der Waals surface area contributed by atoms with E-state index in [1.54, 1.807) is 0 Å². The minimum absolute atomic E-state index is 0.0741. The van der Waals surface area contributed by atoms with Gasteiger partial charge in [0.2, 0.25) is 16.0 Å². The van der Waals surface area contributed by atoms with Crippen LogP contribution in [0.2, 0.25) is 5.02 Å². The highest BCUT2D eigenvalue weighted by Crippen LogP contribution is 2.26. The largest absolute Gasteiger partial charge is 0.495 e. The fourth-order valence-corrected chi connectivity index (χ4v) is 3.50. The molecular formula is C16H22ClN5O3S. The van der Waals surface area contributed by atoms with Crippen molar-refractivity contribution in [3.8, 4) is 5.75 Å². The Balaban J connectivity index is 1.96. The van der Waals surface area contributed by atoms with E-state index >= 15 is 0 Å². The molecule has 0 aliphatic rings. The van der Waals surface area contributed by atoms with Crippen molar-refractivity contribution in [1.82, 2.24) is 14.7 Å². The maximum Gasteiger partial charge on any atom is 0.240 e. The van der Waals surface area contributed by atoms with Gasteiger partial charge in [0.05, 0.1) is 17.0 Å². The summed E-state index contributed by atoms with van der Waals surface area (Å²) >= 11 is 5.98. The van der Waals surface area contributed by atoms with Gasteiger partial charge < -0.3 is 15.0 Å². The van der Waals surface area contributed by atoms with Crippen molar-refractivity contribution < 1.29 is 13.2 Å². The molecule has 0 saturated carbocycles. The highest BCUT2D eigenvalue weighted by molar-refractivity contribution is 7.89. The van der Waals surface area contributed by atoms with E-state index in [4.69, 9.17) is 16.3 Å². The van der Waals surface area contributed by atoms with Crippen LogP contribution in [-0.2, 0) is 10.0 Å². The summed E-state index contributed by atoms with van der Waals surface area (Å²) in [4.78, 5) is 10.6. The van der Waals surface area contributed by atoms with Crippen LogP contribution in [0.4, 0.5) is 11.8 Å². The van der Waals surface area contributed by atoms with Crippen molar-refractivity contribution in [2.45, 2.75) is 11.8 Å². The summed E-state index contributed by atoms with van der Waals surface area (Å²) in [6.45, 7) is 2.37. The molecule has 0 aliphatic heterocycles. The summed E-state index contributed by atoms with van der Waals surface area (Å²) in [7, 11) is 1.57. The van der Waals surface area contributed by atoms with Crippen LogP contribution in [0.15, 0.2) is 29.2 Å². The number of rotatable bonds is 8. The van der Waals surface area contributed by atoms with Crippen LogP contribution in [0, 0.1) is 6.92 Å². The number of aryl methyl sites for hydroxylation is 1. The van der Waals surface area contributed by atoms with Gasteiger partial charge in [-0.1, -0.05) is 11.6 Å². The zero-order valence-corrected chi connectivity index (χ0v) is 16.6. The molecule has 1 heterocycles. The van der Waals surface area contributed by atoms with E-state index in [0.29, 0.717) is 18.2 Å². The fourth-order valence-electron chi connectivity index (χ4n) is 2.12. The third kappa shape index (κ3) is 5.20. The third-order valence-corrected chi connectivity index (χ3v) is 5.19. The van der Waals surface area contributed by atoms with Gasteiger partial charge in [0, 0.05) is 38.9 Å². The molecular weight excluding hydrogens is 378 g/mol. The second kappa shape index (κ2) is 8.52. The molecule has 1 aromatic heterocycles. The quantitative estimate of drug-likeness (QED) is 0.654. The van der Waals surface area contributed by atoms with Crippen LogP contribution in [0.3, 0.4) is 0 Å². The number of halogens is 1. The van der Waals surface area contributed by atoms with E-state index in [1.165, 1.54) is 25.3 Å². The molecule has 2 N–H and O–H groups in total. The average molecular weight is 400 g/mol. The number of nitrogens with one attached hydrogen (secondary N) is 2. The van der Waals surface area contributed by atoms with E-state index in [2.05, 4.69) is 20.0 Å². The Bertz CT molecular complexity index is 874. The second-order valence-electron chi connectivity index (χ2n) is 5.71. The molecule has 0 unspecified atom stereocenters. The normalized spacial score (nSPS) is 11.3. The highest BCUT2D eigenvalue weighted by atomic mass is 35.5. The van der Waals surface area contributed by atoms with Gasteiger partial charge in [0.1, 0.15) is 11.6 Å². The topological polar surface area (TPSA) is 96.5 Å². The van der Waals surface area contributed by atoms with Crippen LogP contribution in [0.5, 0.6) is 5.75 Å². The van der Waals surface area contributed by atoms with Crippen molar-refractivity contribution >= 4 is 33.4 Å². The Morgan fingerprint density at radius 1 is 1.19 bits per heavy atom. The minimum Gasteiger partial charge on any atom is -0.495 e. The standard InChI is InChI=1S/C16H22ClN5O3S/c1-11-9-15(22(2)3)21-16(20-11)18-7-8-19-26(23,24)12-5-6-14(25-4)13(17)10-12/h5-6,9-10,19H,7-8H2,1-4H3,(H,18,20,21). The van der Waals surface area contributed by atoms with Gasteiger partial charge in [-0.25, -0.2) is 18.1 Å². The fraction of sp³-hybridized carbons (Fsp3) is 0.375. The van der Waals surface area contributed by atoms with Crippen LogP contribution in [-0.4, -0.2) is 52.7 Å². The number of sulfonamides is 1. The van der Waals surface area contributed by atoms with Crippen molar-refractivity contribution in [1.29, 1.82) is 0 Å². The molecule has 0 aliphatic carbocycles. The van der Waals surface area contributed by atoms with Crippen molar-refractivity contribution in [2.24, 2.45) is 0 Å². The molecule has 0 atom stereocenters. The Labute approximate surface area is 158 Å². The van der Waals surface area contributed by atoms with Crippen LogP contribution >= 0.6 is 11.6 Å². The first kappa shape index (κ1) is 20.2. The third-order valence-electron chi connectivity index (χ3n) is 3.43. The first-order chi connectivity index (χ1) is 12.2. The minimum atomic E-state index is -3.67. The maximum atomic E-state index is 12.3. The van der Waals surface area contributed by atoms with Crippen molar-refractivity contribution in [3.05, 3.63) is 35.0 Å². The molecule has 0 amide bonds. The molecule has 8 nitrogen and oxygen atoms in total. The zero-order chi connectivity index (χ0) is 19.3. The molecule has 0 bridgehead atoms. The Morgan fingerprint density at radius 2 is 1.92 bits per heavy atom. The van der Waals surface area contributed by atoms with Gasteiger partial charge in [-0.3, -0.25) is 0 Å². The lowest BCUT2D eigenvalue weighted by molar-refractivity contribution is 0.414. The molecule has 10 heteroatoms. The lowest BCUT2D eigenvalue weighted by Gasteiger charge is -2.14. The number of aromatic nitrogens is 2. The Morgan fingerprint density at radius 3 is 2.54 bits per heavy atom. The average Bonchev–Trinajstić information content (AvgIpc) is 2.58. The van der Waals surface area contributed by atoms with Crippen LogP contribution < -0.4 is 19.7 Å². The second-order valence-corrected chi connectivity index (χ2v) is 7.88. The molecule has 0 fully saturated rings. The molecule has 2 rings (SSSR count). The molecule has 0 spiro atoms. The van der Waals surface area contributed by atoms with Crippen LogP contribution in [0.1, 0.15) is 5.69 Å². The first-order valence-electron chi connectivity index (χ1n) is 7.83. The zero-order valence-electron chi connectivity index (χ0n) is 15.1. The van der Waals surface area contributed by atoms with E-state index in [9.17, 15) is 8.42 Å². The molecule has 2 aromatic rings. The molecule has 26 heavy (non-hydrogen) atoms. The predicted molar refractivity (Wildman–Crippen MR) is 103 cm³/mol. The number of ether oxygens (including phenoxy) is 1. The molecule has 1 aromatic carbocycles. The summed E-state index contributed by atoms with van der Waals surface area (Å²) in [6, 6.07) is 6.16. The summed E-state index contributed by atoms with van der Waals surface area (Å²) in [6.07, 6.45) is 0. The maximum absolute atomic E-state index is 12.3. The summed E-state index contributed by atoms with van der Waals surface area (Å²) in [5.41, 5.74) is 0.819. The van der Waals surface area contributed by atoms with Gasteiger partial charge >= 0.3 is 0 Å². The van der Waals surface area contributed by atoms with Gasteiger partial charge in [-0.15, -0.1) is 0 Å². The lowest BCUT2D eigenvalue weighted by Crippen LogP contribution is -2.29. The number of benzene rings is 1. The number of methoxy groups -OCH3 is 1. The Hall–Kier alpha value is -2.10. The predicted octanol–water partition coefficient (Wildman–Crippen LogP) is 1.90. The summed E-state index contributed by atoms with van der Waals surface area (Å²) in [5.74, 6) is 1.63. The first-order valence-corrected chi connectivity index (χ1v) is 9.69. The van der Waals surface area contributed by atoms with Crippen LogP contribution in [0.25, 0.3) is 0 Å². The van der Waals surface area contributed by atoms with Gasteiger partial charge in [-0.2, -0.15) is 4.98 Å². The number of anilines is 2. The molecule has 0 saturated heterocycles. The van der Waals surface area contributed by atoms with E-state index in [1.807, 2.05) is 32.0 Å². The monoisotopic (exact) mass is 399 g/mol. The molecule has 0 radical (unpaired) electrons.